The first kappa shape index (κ1) is 12.4. The number of anilines is 1. The third-order valence-corrected chi connectivity index (χ3v) is 3.18. The van der Waals surface area contributed by atoms with Crippen LogP contribution < -0.4 is 15.9 Å². The predicted molar refractivity (Wildman–Crippen MR) is 68.5 cm³/mol. The lowest BCUT2D eigenvalue weighted by Crippen LogP contribution is -2.24. The number of aromatic nitrogens is 3. The van der Waals surface area contributed by atoms with Gasteiger partial charge in [-0.05, 0) is 6.42 Å². The Balaban J connectivity index is 2.03. The van der Waals surface area contributed by atoms with Crippen LogP contribution >= 0.6 is 11.3 Å². The summed E-state index contributed by atoms with van der Waals surface area (Å²) in [6, 6.07) is 0. The van der Waals surface area contributed by atoms with Gasteiger partial charge in [0.25, 0.3) is 5.91 Å². The van der Waals surface area contributed by atoms with Crippen LogP contribution in [0.5, 0.6) is 0 Å². The van der Waals surface area contributed by atoms with Gasteiger partial charge >= 0.3 is 4.87 Å². The molecule has 0 saturated heterocycles. The van der Waals surface area contributed by atoms with E-state index >= 15 is 0 Å². The number of nitrogens with two attached hydrogens (primary N) is 1. The molecule has 0 fully saturated rings. The predicted octanol–water partition coefficient (Wildman–Crippen LogP) is 0.234. The molecule has 0 aliphatic rings. The summed E-state index contributed by atoms with van der Waals surface area (Å²) in [5.74, 6) is -0.365. The average molecular weight is 267 g/mol. The van der Waals surface area contributed by atoms with Gasteiger partial charge in [-0.2, -0.15) is 5.10 Å². The first-order valence-electron chi connectivity index (χ1n) is 5.39. The number of H-pyrrole nitrogens is 2. The second-order valence-electron chi connectivity index (χ2n) is 3.67. The van der Waals surface area contributed by atoms with Gasteiger partial charge in [-0.3, -0.25) is 14.7 Å². The minimum absolute atomic E-state index is 0.146. The summed E-state index contributed by atoms with van der Waals surface area (Å²) in [6.07, 6.45) is 0.684. The molecule has 8 heteroatoms. The van der Waals surface area contributed by atoms with Crippen LogP contribution in [0.4, 0.5) is 5.69 Å². The average Bonchev–Trinajstić information content (AvgIpc) is 2.92. The van der Waals surface area contributed by atoms with Gasteiger partial charge in [0.1, 0.15) is 0 Å². The molecule has 2 aromatic heterocycles. The number of aromatic amines is 2. The van der Waals surface area contributed by atoms with Gasteiger partial charge in [-0.1, -0.05) is 18.3 Å². The van der Waals surface area contributed by atoms with E-state index in [9.17, 15) is 9.59 Å². The van der Waals surface area contributed by atoms with Gasteiger partial charge in [0.05, 0.1) is 17.9 Å². The van der Waals surface area contributed by atoms with Crippen molar-refractivity contribution < 1.29 is 4.79 Å². The van der Waals surface area contributed by atoms with E-state index in [0.717, 1.165) is 17.0 Å². The van der Waals surface area contributed by atoms with Crippen molar-refractivity contribution in [3.05, 3.63) is 32.1 Å². The number of nitrogen functional groups attached to an aromatic ring is 1. The summed E-state index contributed by atoms with van der Waals surface area (Å²) in [5.41, 5.74) is 7.73. The van der Waals surface area contributed by atoms with Crippen LogP contribution in [0.25, 0.3) is 0 Å². The van der Waals surface area contributed by atoms with Crippen molar-refractivity contribution in [3.63, 3.8) is 0 Å². The van der Waals surface area contributed by atoms with Crippen molar-refractivity contribution in [1.29, 1.82) is 0 Å². The second-order valence-corrected chi connectivity index (χ2v) is 4.52. The van der Waals surface area contributed by atoms with E-state index < -0.39 is 0 Å². The molecule has 0 saturated carbocycles. The summed E-state index contributed by atoms with van der Waals surface area (Å²) in [4.78, 5) is 25.2. The quantitative estimate of drug-likeness (QED) is 0.634. The lowest BCUT2D eigenvalue weighted by Gasteiger charge is -2.01. The lowest BCUT2D eigenvalue weighted by molar-refractivity contribution is 0.0946. The fourth-order valence-corrected chi connectivity index (χ4v) is 2.07. The van der Waals surface area contributed by atoms with Crippen molar-refractivity contribution in [3.8, 4) is 0 Å². The van der Waals surface area contributed by atoms with Gasteiger partial charge in [0.15, 0.2) is 5.69 Å². The normalized spacial score (nSPS) is 10.5. The Kier molecular flexibility index (Phi) is 3.47. The molecule has 0 aliphatic carbocycles. The zero-order valence-corrected chi connectivity index (χ0v) is 10.6. The maximum Gasteiger partial charge on any atom is 0.304 e. The number of carbonyl (C=O) groups is 1. The van der Waals surface area contributed by atoms with Gasteiger partial charge in [-0.15, -0.1) is 0 Å². The number of thiazole rings is 1. The number of nitrogens with one attached hydrogen (secondary N) is 3. The SMILES string of the molecule is CCc1[nH]nc(C(=O)NCc2csc(=O)[nH]2)c1N. The highest BCUT2D eigenvalue weighted by Crippen LogP contribution is 2.14. The van der Waals surface area contributed by atoms with Crippen molar-refractivity contribution >= 4 is 22.9 Å². The first-order valence-corrected chi connectivity index (χ1v) is 6.27. The highest BCUT2D eigenvalue weighted by molar-refractivity contribution is 7.07. The van der Waals surface area contributed by atoms with E-state index in [1.54, 1.807) is 5.38 Å². The molecule has 1 amide bonds. The summed E-state index contributed by atoms with van der Waals surface area (Å²) in [6.45, 7) is 2.16. The molecule has 0 atom stereocenters. The molecule has 7 nitrogen and oxygen atoms in total. The molecule has 2 aromatic rings. The van der Waals surface area contributed by atoms with Crippen LogP contribution in [0.2, 0.25) is 0 Å². The van der Waals surface area contributed by atoms with Gasteiger partial charge in [0, 0.05) is 11.1 Å². The molecule has 0 unspecified atom stereocenters. The number of amides is 1. The van der Waals surface area contributed by atoms with Gasteiger partial charge < -0.3 is 16.0 Å². The highest BCUT2D eigenvalue weighted by Gasteiger charge is 2.16. The van der Waals surface area contributed by atoms with E-state index in [1.807, 2.05) is 6.92 Å². The molecular formula is C10H13N5O2S. The van der Waals surface area contributed by atoms with E-state index in [2.05, 4.69) is 20.5 Å². The molecule has 5 N–H and O–H groups in total. The van der Waals surface area contributed by atoms with E-state index in [0.29, 0.717) is 17.8 Å². The number of nitrogens with zero attached hydrogens (tertiary/aromatic N) is 1. The largest absolute Gasteiger partial charge is 0.395 e. The minimum atomic E-state index is -0.365. The van der Waals surface area contributed by atoms with Crippen molar-refractivity contribution in [2.24, 2.45) is 0 Å². The molecule has 18 heavy (non-hydrogen) atoms. The maximum atomic E-state index is 11.8. The Bertz CT molecular complexity index is 612. The Labute approximate surface area is 106 Å². The van der Waals surface area contributed by atoms with Crippen molar-refractivity contribution in [1.82, 2.24) is 20.5 Å². The fraction of sp³-hybridized carbons (Fsp3) is 0.300. The smallest absolute Gasteiger partial charge is 0.304 e. The monoisotopic (exact) mass is 267 g/mol. The van der Waals surface area contributed by atoms with Crippen LogP contribution in [0.3, 0.4) is 0 Å². The van der Waals surface area contributed by atoms with E-state index in [4.69, 9.17) is 5.73 Å². The summed E-state index contributed by atoms with van der Waals surface area (Å²) in [7, 11) is 0. The van der Waals surface area contributed by atoms with Crippen LogP contribution in [-0.2, 0) is 13.0 Å². The minimum Gasteiger partial charge on any atom is -0.395 e. The van der Waals surface area contributed by atoms with Gasteiger partial charge in [-0.25, -0.2) is 0 Å². The summed E-state index contributed by atoms with van der Waals surface area (Å²) in [5, 5.41) is 10.9. The zero-order chi connectivity index (χ0) is 13.1. The molecular weight excluding hydrogens is 254 g/mol. The lowest BCUT2D eigenvalue weighted by atomic mass is 10.2. The number of rotatable bonds is 4. The molecule has 0 radical (unpaired) electrons. The van der Waals surface area contributed by atoms with Crippen LogP contribution in [-0.4, -0.2) is 21.1 Å². The number of aryl methyl sites for hydroxylation is 1. The van der Waals surface area contributed by atoms with Crippen LogP contribution in [0, 0.1) is 0 Å². The molecule has 0 bridgehead atoms. The Morgan fingerprint density at radius 2 is 2.39 bits per heavy atom. The van der Waals surface area contributed by atoms with Crippen molar-refractivity contribution in [2.75, 3.05) is 5.73 Å². The van der Waals surface area contributed by atoms with Crippen molar-refractivity contribution in [2.45, 2.75) is 19.9 Å². The highest BCUT2D eigenvalue weighted by atomic mass is 32.1. The van der Waals surface area contributed by atoms with E-state index in [-0.39, 0.29) is 23.0 Å². The third kappa shape index (κ3) is 2.43. The molecule has 96 valence electrons. The number of hydrogen-bond acceptors (Lipinski definition) is 5. The fourth-order valence-electron chi connectivity index (χ4n) is 1.49. The number of hydrogen-bond donors (Lipinski definition) is 4. The molecule has 0 aromatic carbocycles. The Morgan fingerprint density at radius 3 is 2.94 bits per heavy atom. The van der Waals surface area contributed by atoms with E-state index in [1.165, 1.54) is 0 Å². The zero-order valence-electron chi connectivity index (χ0n) is 9.74. The maximum absolute atomic E-state index is 11.8. The molecule has 0 spiro atoms. The van der Waals surface area contributed by atoms with Gasteiger partial charge in [0.2, 0.25) is 0 Å². The van der Waals surface area contributed by atoms with Crippen LogP contribution in [0.1, 0.15) is 28.8 Å². The third-order valence-electron chi connectivity index (χ3n) is 2.46. The Hall–Kier alpha value is -2.09. The standard InChI is InChI=1S/C10H13N5O2S/c1-2-6-7(11)8(15-14-6)9(16)12-3-5-4-18-10(17)13-5/h4H,2-3,11H2,1H3,(H,12,16)(H,13,17)(H,14,15). The number of carbonyl (C=O) groups excluding carboxylic acids is 1. The first-order chi connectivity index (χ1) is 8.61. The molecule has 2 rings (SSSR count). The van der Waals surface area contributed by atoms with Crippen LogP contribution in [0.15, 0.2) is 10.2 Å². The second kappa shape index (κ2) is 5.05. The summed E-state index contributed by atoms with van der Waals surface area (Å²) < 4.78 is 0. The molecule has 0 aliphatic heterocycles. The molecule has 2 heterocycles. The summed E-state index contributed by atoms with van der Waals surface area (Å²) >= 11 is 1.05. The topological polar surface area (TPSA) is 117 Å². The Morgan fingerprint density at radius 1 is 1.61 bits per heavy atom.